The van der Waals surface area contributed by atoms with Crippen LogP contribution in [0.3, 0.4) is 0 Å². The van der Waals surface area contributed by atoms with Gasteiger partial charge in [0.05, 0.1) is 17.1 Å². The van der Waals surface area contributed by atoms with Gasteiger partial charge in [0.2, 0.25) is 15.0 Å². The van der Waals surface area contributed by atoms with Crippen LogP contribution in [0.1, 0.15) is 6.92 Å². The molecule has 3 aromatic carbocycles. The van der Waals surface area contributed by atoms with E-state index < -0.39 is 53.1 Å². The third kappa shape index (κ3) is 5.37. The Balaban J connectivity index is 1.74. The van der Waals surface area contributed by atoms with Crippen molar-refractivity contribution in [1.82, 2.24) is 19.5 Å². The molecule has 0 radical (unpaired) electrons. The molecule has 0 saturated heterocycles. The van der Waals surface area contributed by atoms with Gasteiger partial charge in [0.25, 0.3) is 10.0 Å². The number of sulfonamides is 1. The SMILES string of the molecule is CCn1c(-c2ccccc2)nc(-c2ccnc(S(C)(=O)=O)n2)c1-c1cccc(NS(=O)(=O)c2c(F)cccc2F)c1F. The van der Waals surface area contributed by atoms with E-state index in [1.807, 2.05) is 4.72 Å². The minimum atomic E-state index is -4.88. The first-order chi connectivity index (χ1) is 19.9. The number of hydrogen-bond acceptors (Lipinski definition) is 7. The molecule has 1 N–H and O–H groups in total. The van der Waals surface area contributed by atoms with Gasteiger partial charge in [-0.2, -0.15) is 0 Å². The molecule has 0 atom stereocenters. The van der Waals surface area contributed by atoms with E-state index in [2.05, 4.69) is 9.97 Å². The summed E-state index contributed by atoms with van der Waals surface area (Å²) in [5, 5.41) is -0.466. The Bertz CT molecular complexity index is 2010. The molecule has 0 aliphatic rings. The maximum absolute atomic E-state index is 16.2. The highest BCUT2D eigenvalue weighted by molar-refractivity contribution is 7.92. The summed E-state index contributed by atoms with van der Waals surface area (Å²) in [4.78, 5) is 11.4. The molecular weight excluding hydrogens is 591 g/mol. The van der Waals surface area contributed by atoms with Gasteiger partial charge >= 0.3 is 0 Å². The number of benzene rings is 3. The molecule has 0 spiro atoms. The Kier molecular flexibility index (Phi) is 7.60. The third-order valence-electron chi connectivity index (χ3n) is 6.21. The van der Waals surface area contributed by atoms with E-state index in [1.165, 1.54) is 24.4 Å². The highest BCUT2D eigenvalue weighted by Crippen LogP contribution is 2.39. The van der Waals surface area contributed by atoms with Crippen molar-refractivity contribution in [1.29, 1.82) is 0 Å². The van der Waals surface area contributed by atoms with Gasteiger partial charge in [0.15, 0.2) is 10.7 Å². The van der Waals surface area contributed by atoms with E-state index in [0.29, 0.717) is 11.4 Å². The van der Waals surface area contributed by atoms with E-state index in [9.17, 15) is 25.6 Å². The smallest absolute Gasteiger partial charge is 0.267 e. The summed E-state index contributed by atoms with van der Waals surface area (Å²) in [5.74, 6) is -3.35. The van der Waals surface area contributed by atoms with Crippen LogP contribution in [0.5, 0.6) is 0 Å². The van der Waals surface area contributed by atoms with Crippen molar-refractivity contribution < 1.29 is 30.0 Å². The zero-order chi connectivity index (χ0) is 30.2. The summed E-state index contributed by atoms with van der Waals surface area (Å²) in [5.41, 5.74) is 0.285. The predicted molar refractivity (Wildman–Crippen MR) is 150 cm³/mol. The Morgan fingerprint density at radius 3 is 2.14 bits per heavy atom. The number of anilines is 1. The highest BCUT2D eigenvalue weighted by atomic mass is 32.2. The zero-order valence-corrected chi connectivity index (χ0v) is 23.7. The molecule has 2 aromatic heterocycles. The molecule has 0 amide bonds. The van der Waals surface area contributed by atoms with Gasteiger partial charge in [-0.05, 0) is 37.3 Å². The van der Waals surface area contributed by atoms with Crippen molar-refractivity contribution in [3.05, 3.63) is 96.4 Å². The average Bonchev–Trinajstić information content (AvgIpc) is 3.33. The maximum Gasteiger partial charge on any atom is 0.267 e. The van der Waals surface area contributed by atoms with Crippen molar-refractivity contribution in [3.63, 3.8) is 0 Å². The second-order valence-corrected chi connectivity index (χ2v) is 12.6. The van der Waals surface area contributed by atoms with Gasteiger partial charge in [-0.15, -0.1) is 0 Å². The fraction of sp³-hybridized carbons (Fsp3) is 0.107. The molecule has 2 heterocycles. The standard InChI is InChI=1S/C28H22F3N5O4S2/c1-3-36-25(18-11-7-14-21(23(18)31)35-42(39,40)26-19(29)12-8-13-20(26)30)24(34-27(36)17-9-5-4-6-10-17)22-15-16-32-28(33-22)41(2,37)38/h4-16,35H,3H2,1-2H3. The second kappa shape index (κ2) is 11.0. The first kappa shape index (κ1) is 29.0. The van der Waals surface area contributed by atoms with Gasteiger partial charge in [-0.1, -0.05) is 42.5 Å². The molecule has 9 nitrogen and oxygen atoms in total. The number of nitrogens with one attached hydrogen (secondary N) is 1. The maximum atomic E-state index is 16.2. The monoisotopic (exact) mass is 613 g/mol. The fourth-order valence-corrected chi connectivity index (χ4v) is 6.12. The van der Waals surface area contributed by atoms with E-state index in [-0.39, 0.29) is 29.2 Å². The summed E-state index contributed by atoms with van der Waals surface area (Å²) in [6.45, 7) is 2.06. The second-order valence-electron chi connectivity index (χ2n) is 9.06. The van der Waals surface area contributed by atoms with Crippen LogP contribution in [0, 0.1) is 17.5 Å². The topological polar surface area (TPSA) is 124 Å². The fourth-order valence-electron chi connectivity index (χ4n) is 4.40. The quantitative estimate of drug-likeness (QED) is 0.235. The molecule has 0 aliphatic carbocycles. The number of rotatable bonds is 8. The Morgan fingerprint density at radius 2 is 1.50 bits per heavy atom. The molecule has 0 aliphatic heterocycles. The molecule has 216 valence electrons. The minimum Gasteiger partial charge on any atom is -0.324 e. The molecule has 0 fully saturated rings. The largest absolute Gasteiger partial charge is 0.324 e. The van der Waals surface area contributed by atoms with E-state index >= 15 is 4.39 Å². The van der Waals surface area contributed by atoms with Crippen LogP contribution in [-0.2, 0) is 26.4 Å². The van der Waals surface area contributed by atoms with Crippen LogP contribution in [0.2, 0.25) is 0 Å². The van der Waals surface area contributed by atoms with Gasteiger partial charge in [0.1, 0.15) is 23.2 Å². The molecule has 42 heavy (non-hydrogen) atoms. The van der Waals surface area contributed by atoms with Gasteiger partial charge in [0, 0.05) is 30.1 Å². The van der Waals surface area contributed by atoms with Crippen LogP contribution in [0.4, 0.5) is 18.9 Å². The van der Waals surface area contributed by atoms with Crippen LogP contribution in [0.25, 0.3) is 34.0 Å². The molecule has 14 heteroatoms. The number of hydrogen-bond donors (Lipinski definition) is 1. The van der Waals surface area contributed by atoms with Crippen LogP contribution >= 0.6 is 0 Å². The highest BCUT2D eigenvalue weighted by Gasteiger charge is 2.28. The lowest BCUT2D eigenvalue weighted by molar-refractivity contribution is 0.521. The number of aromatic nitrogens is 4. The number of halogens is 3. The lowest BCUT2D eigenvalue weighted by Gasteiger charge is -2.15. The lowest BCUT2D eigenvalue weighted by atomic mass is 10.1. The predicted octanol–water partition coefficient (Wildman–Crippen LogP) is 5.32. The van der Waals surface area contributed by atoms with Crippen molar-refractivity contribution >= 4 is 25.5 Å². The normalized spacial score (nSPS) is 11.9. The summed E-state index contributed by atoms with van der Waals surface area (Å²) in [6.07, 6.45) is 2.18. The van der Waals surface area contributed by atoms with Crippen molar-refractivity contribution in [2.75, 3.05) is 11.0 Å². The van der Waals surface area contributed by atoms with Crippen LogP contribution in [-0.4, -0.2) is 42.6 Å². The van der Waals surface area contributed by atoms with Gasteiger partial charge in [-0.25, -0.2) is 45.0 Å². The van der Waals surface area contributed by atoms with Crippen molar-refractivity contribution in [2.45, 2.75) is 23.5 Å². The van der Waals surface area contributed by atoms with Gasteiger partial charge < -0.3 is 4.57 Å². The number of nitrogens with zero attached hydrogens (tertiary/aromatic N) is 4. The third-order valence-corrected chi connectivity index (χ3v) is 8.49. The summed E-state index contributed by atoms with van der Waals surface area (Å²) in [6, 6.07) is 16.7. The molecule has 5 aromatic rings. The molecule has 0 saturated carbocycles. The van der Waals surface area contributed by atoms with Gasteiger partial charge in [-0.3, -0.25) is 4.72 Å². The first-order valence-corrected chi connectivity index (χ1v) is 15.7. The Morgan fingerprint density at radius 1 is 0.833 bits per heavy atom. The minimum absolute atomic E-state index is 0.0728. The van der Waals surface area contributed by atoms with Crippen molar-refractivity contribution in [2.24, 2.45) is 0 Å². The van der Waals surface area contributed by atoms with E-state index in [0.717, 1.165) is 30.5 Å². The number of sulfone groups is 1. The van der Waals surface area contributed by atoms with E-state index in [1.54, 1.807) is 41.8 Å². The lowest BCUT2D eigenvalue weighted by Crippen LogP contribution is -2.17. The number of imidazole rings is 1. The van der Waals surface area contributed by atoms with E-state index in [4.69, 9.17) is 4.98 Å². The van der Waals surface area contributed by atoms with Crippen LogP contribution in [0.15, 0.2) is 89.0 Å². The zero-order valence-electron chi connectivity index (χ0n) is 22.1. The van der Waals surface area contributed by atoms with Crippen molar-refractivity contribution in [3.8, 4) is 34.0 Å². The van der Waals surface area contributed by atoms with Crippen LogP contribution < -0.4 is 4.72 Å². The first-order valence-electron chi connectivity index (χ1n) is 12.4. The average molecular weight is 614 g/mol. The molecule has 5 rings (SSSR count). The Labute approximate surface area is 239 Å². The summed E-state index contributed by atoms with van der Waals surface area (Å²) in [7, 11) is -8.69. The molecular formula is C28H22F3N5O4S2. The molecule has 0 unspecified atom stereocenters. The molecule has 0 bridgehead atoms. The summed E-state index contributed by atoms with van der Waals surface area (Å²) >= 11 is 0. The summed E-state index contributed by atoms with van der Waals surface area (Å²) < 4.78 is 98.6. The Hall–Kier alpha value is -4.56.